The molecule has 0 aromatic carbocycles. The predicted molar refractivity (Wildman–Crippen MR) is 56.4 cm³/mol. The van der Waals surface area contributed by atoms with Gasteiger partial charge >= 0.3 is 7.60 Å². The summed E-state index contributed by atoms with van der Waals surface area (Å²) in [6.45, 7) is 1.93. The molecule has 0 amide bonds. The fourth-order valence-corrected chi connectivity index (χ4v) is 6.04. The Labute approximate surface area is 89.0 Å². The van der Waals surface area contributed by atoms with Crippen molar-refractivity contribution in [1.82, 2.24) is 0 Å². The van der Waals surface area contributed by atoms with Crippen LogP contribution < -0.4 is 0 Å². The van der Waals surface area contributed by atoms with Crippen LogP contribution in [0.3, 0.4) is 0 Å². The van der Waals surface area contributed by atoms with Gasteiger partial charge in [-0.3, -0.25) is 9.13 Å². The highest BCUT2D eigenvalue weighted by Gasteiger charge is 2.35. The van der Waals surface area contributed by atoms with Crippen molar-refractivity contribution in [3.8, 4) is 0 Å². The Bertz CT molecular complexity index is 249. The fourth-order valence-electron chi connectivity index (χ4n) is 0.802. The molecular formula is C6H15ClO5P2. The molecule has 0 aliphatic rings. The van der Waals surface area contributed by atoms with Gasteiger partial charge in [-0.1, -0.05) is 0 Å². The van der Waals surface area contributed by atoms with Gasteiger partial charge in [0.05, 0.1) is 12.2 Å². The van der Waals surface area contributed by atoms with E-state index >= 15 is 0 Å². The van der Waals surface area contributed by atoms with Crippen LogP contribution in [0.25, 0.3) is 0 Å². The molecule has 1 unspecified atom stereocenters. The van der Waals surface area contributed by atoms with E-state index in [2.05, 4.69) is 9.05 Å². The van der Waals surface area contributed by atoms with Crippen molar-refractivity contribution in [2.45, 2.75) is 6.92 Å². The average Bonchev–Trinajstić information content (AvgIpc) is 2.18. The Hall–Kier alpha value is 0.630. The molecule has 8 heteroatoms. The Balaban J connectivity index is 4.59. The van der Waals surface area contributed by atoms with Gasteiger partial charge in [-0.2, -0.15) is 0 Å². The van der Waals surface area contributed by atoms with Crippen molar-refractivity contribution < 1.29 is 22.7 Å². The summed E-state index contributed by atoms with van der Waals surface area (Å²) in [7, 11) is -3.96. The van der Waals surface area contributed by atoms with Crippen LogP contribution in [-0.2, 0) is 22.7 Å². The van der Waals surface area contributed by atoms with Gasteiger partial charge in [0.2, 0.25) is 7.37 Å². The second-order valence-electron chi connectivity index (χ2n) is 2.47. The minimum atomic E-state index is -3.32. The highest BCUT2D eigenvalue weighted by atomic mass is 35.5. The van der Waals surface area contributed by atoms with Crippen LogP contribution in [-0.4, -0.2) is 32.4 Å². The normalized spacial score (nSPS) is 16.6. The topological polar surface area (TPSA) is 61.8 Å². The molecule has 0 aromatic rings. The molecular weight excluding hydrogens is 249 g/mol. The molecule has 0 heterocycles. The molecule has 0 aliphatic carbocycles. The van der Waals surface area contributed by atoms with Crippen LogP contribution in [0.5, 0.6) is 0 Å². The van der Waals surface area contributed by atoms with Crippen molar-refractivity contribution in [3.63, 3.8) is 0 Å². The van der Waals surface area contributed by atoms with Gasteiger partial charge in [0.1, 0.15) is 5.90 Å². The lowest BCUT2D eigenvalue weighted by atomic mass is 10.9. The molecule has 5 nitrogen and oxygen atoms in total. The lowest BCUT2D eigenvalue weighted by Crippen LogP contribution is -2.01. The minimum Gasteiger partial charge on any atom is -0.328 e. The second-order valence-corrected chi connectivity index (χ2v) is 8.40. The first-order valence-corrected chi connectivity index (χ1v) is 8.20. The molecule has 86 valence electrons. The zero-order valence-corrected chi connectivity index (χ0v) is 11.0. The Morgan fingerprint density at radius 3 is 2.00 bits per heavy atom. The number of hydrogen-bond acceptors (Lipinski definition) is 5. The molecule has 0 spiro atoms. The smallest absolute Gasteiger partial charge is 0.328 e. The van der Waals surface area contributed by atoms with Crippen LogP contribution >= 0.6 is 26.6 Å². The minimum absolute atomic E-state index is 0.197. The maximum absolute atomic E-state index is 11.8. The van der Waals surface area contributed by atoms with Crippen molar-refractivity contribution >= 4 is 26.6 Å². The summed E-state index contributed by atoms with van der Waals surface area (Å²) in [4.78, 5) is 0. The Kier molecular flexibility index (Phi) is 6.55. The van der Waals surface area contributed by atoms with Gasteiger partial charge in [-0.15, -0.1) is 11.6 Å². The first-order valence-electron chi connectivity index (χ1n) is 3.94. The summed E-state index contributed by atoms with van der Waals surface area (Å²) >= 11 is 5.49. The van der Waals surface area contributed by atoms with E-state index in [1.165, 1.54) is 14.2 Å². The third-order valence-electron chi connectivity index (χ3n) is 1.49. The molecule has 0 N–H and O–H groups in total. The van der Waals surface area contributed by atoms with Gasteiger partial charge in [0.25, 0.3) is 0 Å². The first-order chi connectivity index (χ1) is 6.45. The summed E-state index contributed by atoms with van der Waals surface area (Å²) < 4.78 is 37.7. The molecule has 0 saturated heterocycles. The summed E-state index contributed by atoms with van der Waals surface area (Å²) in [5.41, 5.74) is -0.197. The molecule has 0 rings (SSSR count). The van der Waals surface area contributed by atoms with Crippen molar-refractivity contribution in [3.05, 3.63) is 0 Å². The van der Waals surface area contributed by atoms with Crippen LogP contribution in [0.2, 0.25) is 0 Å². The molecule has 0 radical (unpaired) electrons. The zero-order valence-electron chi connectivity index (χ0n) is 8.43. The van der Waals surface area contributed by atoms with Crippen LogP contribution in [0, 0.1) is 0 Å². The molecule has 0 fully saturated rings. The molecule has 0 bridgehead atoms. The first kappa shape index (κ1) is 14.6. The van der Waals surface area contributed by atoms with Crippen LogP contribution in [0.4, 0.5) is 0 Å². The van der Waals surface area contributed by atoms with Gasteiger partial charge in [0, 0.05) is 14.2 Å². The maximum Gasteiger partial charge on any atom is 0.339 e. The average molecular weight is 265 g/mol. The lowest BCUT2D eigenvalue weighted by Gasteiger charge is -2.19. The monoisotopic (exact) mass is 264 g/mol. The van der Waals surface area contributed by atoms with E-state index < -0.39 is 15.0 Å². The van der Waals surface area contributed by atoms with E-state index in [1.807, 2.05) is 0 Å². The molecule has 0 aromatic heterocycles. The maximum atomic E-state index is 11.8. The van der Waals surface area contributed by atoms with Crippen molar-refractivity contribution in [1.29, 1.82) is 0 Å². The van der Waals surface area contributed by atoms with Gasteiger partial charge < -0.3 is 13.6 Å². The van der Waals surface area contributed by atoms with E-state index in [9.17, 15) is 9.13 Å². The number of halogens is 1. The van der Waals surface area contributed by atoms with Crippen LogP contribution in [0.1, 0.15) is 6.92 Å². The van der Waals surface area contributed by atoms with Crippen molar-refractivity contribution in [2.75, 3.05) is 32.4 Å². The van der Waals surface area contributed by atoms with E-state index in [0.29, 0.717) is 0 Å². The summed E-state index contributed by atoms with van der Waals surface area (Å²) in [5, 5.41) is 0. The summed E-state index contributed by atoms with van der Waals surface area (Å²) in [6.07, 6.45) is 0. The van der Waals surface area contributed by atoms with Gasteiger partial charge in [-0.25, -0.2) is 0 Å². The highest BCUT2D eigenvalue weighted by Crippen LogP contribution is 2.62. The third kappa shape index (κ3) is 4.43. The number of rotatable bonds is 7. The Morgan fingerprint density at radius 1 is 1.21 bits per heavy atom. The van der Waals surface area contributed by atoms with Gasteiger partial charge in [0.15, 0.2) is 0 Å². The largest absolute Gasteiger partial charge is 0.339 e. The standard InChI is InChI=1S/C6H15ClO5P2/c1-4-12-13(8,5-7)6-14(9,10-2)11-3/h4-6H2,1-3H3. The van der Waals surface area contributed by atoms with E-state index in [0.717, 1.165) is 0 Å². The van der Waals surface area contributed by atoms with Crippen molar-refractivity contribution in [2.24, 2.45) is 0 Å². The summed E-state index contributed by atoms with van der Waals surface area (Å²) in [6, 6.07) is 0. The molecule has 0 aliphatic heterocycles. The Morgan fingerprint density at radius 2 is 1.71 bits per heavy atom. The second kappa shape index (κ2) is 6.26. The fraction of sp³-hybridized carbons (Fsp3) is 1.00. The molecule has 14 heavy (non-hydrogen) atoms. The predicted octanol–water partition coefficient (Wildman–Crippen LogP) is 2.94. The SMILES string of the molecule is CCOP(=O)(CCl)CP(=O)(OC)OC. The number of hydrogen-bond donors (Lipinski definition) is 0. The van der Waals surface area contributed by atoms with E-state index in [4.69, 9.17) is 16.1 Å². The summed E-state index contributed by atoms with van der Waals surface area (Å²) in [5.74, 6) is -0.287. The van der Waals surface area contributed by atoms with E-state index in [1.54, 1.807) is 6.92 Å². The number of alkyl halides is 1. The zero-order chi connectivity index (χ0) is 11.2. The molecule has 1 atom stereocenters. The third-order valence-corrected chi connectivity index (χ3v) is 7.90. The van der Waals surface area contributed by atoms with Gasteiger partial charge in [-0.05, 0) is 6.92 Å². The van der Waals surface area contributed by atoms with E-state index in [-0.39, 0.29) is 18.1 Å². The molecule has 0 saturated carbocycles. The lowest BCUT2D eigenvalue weighted by molar-refractivity contribution is 0.276. The highest BCUT2D eigenvalue weighted by molar-refractivity contribution is 7.74. The quantitative estimate of drug-likeness (QED) is 0.522. The van der Waals surface area contributed by atoms with Crippen LogP contribution in [0.15, 0.2) is 0 Å².